The minimum Gasteiger partial charge on any atom is -0.269 e. The van der Waals surface area contributed by atoms with E-state index in [9.17, 15) is 4.79 Å². The van der Waals surface area contributed by atoms with Crippen molar-refractivity contribution < 1.29 is 4.74 Å². The molecule has 2 heterocycles. The van der Waals surface area contributed by atoms with Crippen molar-refractivity contribution in [3.8, 4) is 5.75 Å². The summed E-state index contributed by atoms with van der Waals surface area (Å²) in [6.45, 7) is 0.267. The van der Waals surface area contributed by atoms with Crippen LogP contribution in [-0.2, 0) is 20.1 Å². The van der Waals surface area contributed by atoms with Crippen LogP contribution in [0, 0.1) is 0 Å². The number of ether oxygens (including phenoxy) is 1. The predicted octanol–water partition coefficient (Wildman–Crippen LogP) is 2.21. The second-order valence-electron chi connectivity index (χ2n) is 6.89. The van der Waals surface area contributed by atoms with Crippen LogP contribution in [0.4, 0.5) is 0 Å². The van der Waals surface area contributed by atoms with E-state index in [1.807, 2.05) is 42.1 Å². The first-order valence-corrected chi connectivity index (χ1v) is 12.0. The Hall–Kier alpha value is -0.674. The first kappa shape index (κ1) is 19.6. The number of rotatable bonds is 5. The number of fused-ring (bicyclic) bond motifs is 1. The monoisotopic (exact) mass is 405 g/mol. The van der Waals surface area contributed by atoms with Crippen LogP contribution in [0.25, 0.3) is 10.9 Å². The molecule has 0 bridgehead atoms. The summed E-state index contributed by atoms with van der Waals surface area (Å²) in [7, 11) is 1.74. The quantitative estimate of drug-likeness (QED) is 0.660. The summed E-state index contributed by atoms with van der Waals surface area (Å²) < 4.78 is 8.19. The SMILES string of the molecule is Cn1c(COc2ccc(CC3SCN[CH]3[K])cc2)nc2ccccc2c1=O. The van der Waals surface area contributed by atoms with Gasteiger partial charge in [0.25, 0.3) is 0 Å². The smallest absolute Gasteiger partial charge is 0.269 e. The van der Waals surface area contributed by atoms with Crippen LogP contribution in [-0.4, -0.2) is 69.8 Å². The third kappa shape index (κ3) is 4.50. The van der Waals surface area contributed by atoms with Gasteiger partial charge in [0.2, 0.25) is 0 Å². The molecule has 1 fully saturated rings. The van der Waals surface area contributed by atoms with Gasteiger partial charge in [0.05, 0.1) is 5.39 Å². The molecule has 0 spiro atoms. The van der Waals surface area contributed by atoms with Crippen molar-refractivity contribution in [2.24, 2.45) is 7.05 Å². The fourth-order valence-electron chi connectivity index (χ4n) is 3.29. The summed E-state index contributed by atoms with van der Waals surface area (Å²) >= 11 is 2.84. The van der Waals surface area contributed by atoms with E-state index in [0.29, 0.717) is 22.0 Å². The Morgan fingerprint density at radius 3 is 2.78 bits per heavy atom. The van der Waals surface area contributed by atoms with Crippen molar-refractivity contribution in [3.05, 3.63) is 70.3 Å². The zero-order valence-corrected chi connectivity index (χ0v) is 19.5. The summed E-state index contributed by atoms with van der Waals surface area (Å²) in [5.74, 6) is 2.50. The molecule has 4 rings (SSSR count). The molecule has 7 heteroatoms. The van der Waals surface area contributed by atoms with E-state index < -0.39 is 0 Å². The molecule has 134 valence electrons. The fraction of sp³-hybridized carbons (Fsp3) is 0.300. The molecule has 0 radical (unpaired) electrons. The van der Waals surface area contributed by atoms with E-state index in [1.165, 1.54) is 5.56 Å². The van der Waals surface area contributed by atoms with Crippen molar-refractivity contribution in [3.63, 3.8) is 0 Å². The number of nitrogens with zero attached hydrogens (tertiary/aromatic N) is 2. The zero-order chi connectivity index (χ0) is 18.8. The Morgan fingerprint density at radius 2 is 2.04 bits per heavy atom. The first-order chi connectivity index (χ1) is 13.1. The molecule has 1 saturated heterocycles. The van der Waals surface area contributed by atoms with Crippen molar-refractivity contribution in [2.45, 2.75) is 18.4 Å². The first-order valence-electron chi connectivity index (χ1n) is 9.13. The molecule has 27 heavy (non-hydrogen) atoms. The van der Waals surface area contributed by atoms with Gasteiger partial charge in [0.15, 0.2) is 0 Å². The van der Waals surface area contributed by atoms with Crippen molar-refractivity contribution in [1.29, 1.82) is 0 Å². The molecule has 1 aliphatic rings. The number of para-hydroxylation sites is 1. The molecule has 2 aromatic carbocycles. The minimum absolute atomic E-state index is 0.0452. The summed E-state index contributed by atoms with van der Waals surface area (Å²) in [5.41, 5.74) is 2.00. The van der Waals surface area contributed by atoms with E-state index >= 15 is 0 Å². The summed E-state index contributed by atoms with van der Waals surface area (Å²) in [4.78, 5) is 17.0. The van der Waals surface area contributed by atoms with Crippen LogP contribution in [0.2, 0.25) is 0 Å². The van der Waals surface area contributed by atoms with Gasteiger partial charge in [-0.15, -0.1) is 0 Å². The van der Waals surface area contributed by atoms with Gasteiger partial charge in [-0.05, 0) is 12.1 Å². The second-order valence-corrected chi connectivity index (χ2v) is 10.1. The Morgan fingerprint density at radius 1 is 1.26 bits per heavy atom. The number of nitrogens with one attached hydrogen (secondary N) is 1. The molecule has 0 amide bonds. The van der Waals surface area contributed by atoms with E-state index in [0.717, 1.165) is 67.1 Å². The average molecular weight is 406 g/mol. The number of benzene rings is 2. The second kappa shape index (κ2) is 8.78. The van der Waals surface area contributed by atoms with E-state index in [1.54, 1.807) is 17.7 Å². The van der Waals surface area contributed by atoms with Crippen molar-refractivity contribution in [1.82, 2.24) is 14.9 Å². The van der Waals surface area contributed by atoms with Gasteiger partial charge in [-0.3, -0.25) is 4.79 Å². The van der Waals surface area contributed by atoms with Crippen LogP contribution in [0.3, 0.4) is 0 Å². The van der Waals surface area contributed by atoms with Gasteiger partial charge in [-0.25, -0.2) is 0 Å². The van der Waals surface area contributed by atoms with Crippen LogP contribution >= 0.6 is 11.8 Å². The normalized spacial score (nSPS) is 19.5. The van der Waals surface area contributed by atoms with Crippen LogP contribution in [0.1, 0.15) is 11.4 Å². The molecular formula is C20H20KN3O2S. The van der Waals surface area contributed by atoms with Gasteiger partial charge in [0, 0.05) is 0 Å². The van der Waals surface area contributed by atoms with Crippen LogP contribution < -0.4 is 15.6 Å². The zero-order valence-electron chi connectivity index (χ0n) is 15.5. The fourth-order valence-corrected chi connectivity index (χ4v) is 6.61. The van der Waals surface area contributed by atoms with Gasteiger partial charge in [-0.1, -0.05) is 12.1 Å². The molecule has 3 aromatic rings. The number of aromatic nitrogens is 2. The van der Waals surface area contributed by atoms with Gasteiger partial charge < -0.3 is 0 Å². The average Bonchev–Trinajstić information content (AvgIpc) is 3.09. The van der Waals surface area contributed by atoms with Crippen molar-refractivity contribution in [2.75, 3.05) is 5.88 Å². The molecule has 1 N–H and O–H groups in total. The Labute approximate surface area is 196 Å². The van der Waals surface area contributed by atoms with E-state index in [2.05, 4.69) is 22.4 Å². The van der Waals surface area contributed by atoms with E-state index in [4.69, 9.17) is 4.74 Å². The summed E-state index contributed by atoms with van der Waals surface area (Å²) in [6.07, 6.45) is 1.10. The Bertz CT molecular complexity index is 1010. The van der Waals surface area contributed by atoms with Gasteiger partial charge in [-0.2, -0.15) is 0 Å². The standard InChI is InChI=1S/C20H20N3O2S.K/c1-23-19(22-18-5-3-2-4-17(18)20(23)24)12-25-15-8-6-14(7-9-15)10-16-11-21-13-26-16;/h2-9,11,16,21H,10,12-13H2,1H3;. The molecule has 0 aliphatic carbocycles. The molecule has 2 unspecified atom stereocenters. The minimum atomic E-state index is -0.0452. The molecule has 1 aliphatic heterocycles. The molecule has 5 nitrogen and oxygen atoms in total. The van der Waals surface area contributed by atoms with E-state index in [-0.39, 0.29) is 12.2 Å². The summed E-state index contributed by atoms with van der Waals surface area (Å²) in [6, 6.07) is 15.7. The topological polar surface area (TPSA) is 56.1 Å². The molecular weight excluding hydrogens is 385 g/mol. The third-order valence-corrected chi connectivity index (χ3v) is 9.05. The van der Waals surface area contributed by atoms with Gasteiger partial charge in [0.1, 0.15) is 0 Å². The van der Waals surface area contributed by atoms with Crippen LogP contribution in [0.15, 0.2) is 53.3 Å². The predicted molar refractivity (Wildman–Crippen MR) is 110 cm³/mol. The molecule has 0 saturated carbocycles. The van der Waals surface area contributed by atoms with Crippen molar-refractivity contribution >= 4 is 71.6 Å². The Balaban J connectivity index is 1.45. The number of thioether (sulfide) groups is 1. The molecule has 1 aromatic heterocycles. The third-order valence-electron chi connectivity index (χ3n) is 5.06. The Kier molecular flexibility index (Phi) is 6.38. The maximum atomic E-state index is 12.5. The van der Waals surface area contributed by atoms with Gasteiger partial charge >= 0.3 is 164 Å². The molecule has 2 atom stereocenters. The number of hydrogen-bond acceptors (Lipinski definition) is 5. The number of hydrogen-bond donors (Lipinski definition) is 1. The maximum absolute atomic E-state index is 12.5. The van der Waals surface area contributed by atoms with Crippen LogP contribution in [0.5, 0.6) is 5.75 Å². The summed E-state index contributed by atoms with van der Waals surface area (Å²) in [5, 5.41) is 4.88.